The number of nitrogens with zero attached hydrogens (tertiary/aromatic N) is 18. The first kappa shape index (κ1) is 93.8. The number of aryl methyl sites for hydroxylation is 3. The minimum absolute atomic E-state index is 0.00668. The number of anilines is 5. The highest BCUT2D eigenvalue weighted by atomic mass is 35.5. The van der Waals surface area contributed by atoms with Crippen LogP contribution < -0.4 is 43.2 Å². The van der Waals surface area contributed by atoms with Crippen LogP contribution in [-0.2, 0) is 20.9 Å². The van der Waals surface area contributed by atoms with E-state index in [2.05, 4.69) is 80.5 Å². The number of hydrogen-bond donors (Lipinski definition) is 3. The van der Waals surface area contributed by atoms with E-state index in [4.69, 9.17) is 33.0 Å². The van der Waals surface area contributed by atoms with Gasteiger partial charge in [-0.1, -0.05) is 121 Å². The van der Waals surface area contributed by atoms with Crippen molar-refractivity contribution >= 4 is 97.4 Å². The largest absolute Gasteiger partial charge is 0.478 e. The second kappa shape index (κ2) is 38.2. The van der Waals surface area contributed by atoms with Gasteiger partial charge in [-0.3, -0.25) is 19.4 Å². The summed E-state index contributed by atoms with van der Waals surface area (Å²) in [7, 11) is 4.04. The van der Waals surface area contributed by atoms with E-state index >= 15 is 13.2 Å². The number of carbonyl (C=O) groups is 4. The molecule has 32 heteroatoms. The molecule has 4 unspecified atom stereocenters. The summed E-state index contributed by atoms with van der Waals surface area (Å²) in [5, 5.41) is 11.5. The van der Waals surface area contributed by atoms with E-state index in [1.54, 1.807) is 87.0 Å². The highest BCUT2D eigenvalue weighted by molar-refractivity contribution is 6.34. The summed E-state index contributed by atoms with van der Waals surface area (Å²) < 4.78 is 50.4. The first-order valence-electron chi connectivity index (χ1n) is 43.1. The Balaban J connectivity index is 0.000000166. The van der Waals surface area contributed by atoms with Crippen LogP contribution in [0.1, 0.15) is 150 Å². The number of nitrogen functional groups attached to an aromatic ring is 2. The van der Waals surface area contributed by atoms with Gasteiger partial charge < -0.3 is 50.9 Å². The van der Waals surface area contributed by atoms with Crippen molar-refractivity contribution in [2.75, 3.05) is 79.5 Å². The molecule has 3 amide bonds. The normalized spacial score (nSPS) is 17.1. The molecular formula is C98H108ClF3N20O8. The lowest BCUT2D eigenvalue weighted by Crippen LogP contribution is -2.58. The molecule has 4 aromatic carbocycles. The summed E-state index contributed by atoms with van der Waals surface area (Å²) in [5.74, 6) is -2.31. The molecule has 6 atom stereocenters. The predicted octanol–water partition coefficient (Wildman–Crippen LogP) is 15.3. The Morgan fingerprint density at radius 2 is 1.02 bits per heavy atom. The molecule has 11 heterocycles. The lowest BCUT2D eigenvalue weighted by Gasteiger charge is -2.44. The molecule has 8 aromatic heterocycles. The van der Waals surface area contributed by atoms with Crippen molar-refractivity contribution < 1.29 is 37.5 Å². The highest BCUT2D eigenvalue weighted by Gasteiger charge is 2.39. The summed E-state index contributed by atoms with van der Waals surface area (Å²) in [6.07, 6.45) is 5.62. The van der Waals surface area contributed by atoms with Crippen LogP contribution in [0.15, 0.2) is 174 Å². The first-order chi connectivity index (χ1) is 61.7. The minimum atomic E-state index is -1.07. The smallest absolute Gasteiger partial charge is 0.355 e. The molecule has 5 N–H and O–H groups in total. The number of hydrogen-bond acceptors (Lipinski definition) is 21. The molecule has 15 rings (SSSR count). The van der Waals surface area contributed by atoms with Crippen molar-refractivity contribution in [1.82, 2.24) is 73.2 Å². The predicted molar refractivity (Wildman–Crippen MR) is 506 cm³/mol. The second-order valence-corrected chi connectivity index (χ2v) is 35.2. The third kappa shape index (κ3) is 18.2. The number of fused-ring (bicyclic) bond motifs is 3. The van der Waals surface area contributed by atoms with Crippen molar-refractivity contribution in [3.8, 4) is 50.8 Å². The Morgan fingerprint density at radius 1 is 0.508 bits per heavy atom. The number of amides is 3. The molecule has 0 spiro atoms. The van der Waals surface area contributed by atoms with Crippen molar-refractivity contribution in [2.45, 2.75) is 164 Å². The molecule has 3 fully saturated rings. The number of carboxylic acids is 1. The van der Waals surface area contributed by atoms with Crippen LogP contribution in [0, 0.1) is 38.2 Å². The summed E-state index contributed by atoms with van der Waals surface area (Å²) in [5.41, 5.74) is 19.5. The minimum Gasteiger partial charge on any atom is -0.478 e. The number of piperazine rings is 3. The molecule has 676 valence electrons. The van der Waals surface area contributed by atoms with Gasteiger partial charge in [-0.05, 0) is 207 Å². The van der Waals surface area contributed by atoms with Gasteiger partial charge >= 0.3 is 23.0 Å². The molecule has 130 heavy (non-hydrogen) atoms. The van der Waals surface area contributed by atoms with Gasteiger partial charge in [0, 0.05) is 105 Å². The number of aromatic nitrogens is 11. The lowest BCUT2D eigenvalue weighted by molar-refractivity contribution is -0.131. The molecule has 28 nitrogen and oxygen atoms in total. The van der Waals surface area contributed by atoms with Crippen molar-refractivity contribution in [3.63, 3.8) is 0 Å². The van der Waals surface area contributed by atoms with E-state index in [0.29, 0.717) is 113 Å². The van der Waals surface area contributed by atoms with E-state index < -0.39 is 40.5 Å². The van der Waals surface area contributed by atoms with Crippen LogP contribution >= 0.6 is 11.6 Å². The molecule has 3 aliphatic heterocycles. The summed E-state index contributed by atoms with van der Waals surface area (Å²) in [6, 6.07) is 30.1. The van der Waals surface area contributed by atoms with E-state index in [1.165, 1.54) is 63.8 Å². The number of halogens is 4. The van der Waals surface area contributed by atoms with Crippen LogP contribution in [0.3, 0.4) is 0 Å². The van der Waals surface area contributed by atoms with Crippen molar-refractivity contribution in [2.24, 2.45) is 0 Å². The second-order valence-electron chi connectivity index (χ2n) is 34.8. The van der Waals surface area contributed by atoms with Crippen LogP contribution in [0.5, 0.6) is 0 Å². The number of carbonyl (C=O) groups excluding carboxylic acids is 3. The lowest BCUT2D eigenvalue weighted by atomic mass is 9.94. The number of rotatable bonds is 18. The zero-order valence-electron chi connectivity index (χ0n) is 76.1. The standard InChI is InChI=1S/C35H40ClFN6O2.C32H34N6O4.C31H34F2N8O2/c1-9-30(44)41-17-23(6)42(18-22(41)5)33-27-16-28(36)31(25-12-10-11-13-29(25)37)38-34(27)43(35(45)39-33)32-21(4)14-24(19-40(7)8)15-26(32)20(2)3;1-7-26(39)36-16-21(6)37(17-20(36)5)29-24-12-13-25(22-10-8-9-11-23(22)31(40)41)34-30(24)38(32(42)35-29)28-19(4)14-15-33-27(28)18(2)3;1-7-24(42)40-17(5)13-39(14-18(40)6)29-19-12-21(33)27(25-20(32)9-8-10-22(25)34)37-30(19)41(31(43)38-29)28-16(4)11-23(35)36-26(28)15(2)3/h9-16,20,22-23H,1,17-19H2,2-8H3;7-15,18,20-21H,1,16-17H2,2-6H3,(H,40,41);7-12,15,17-18H,1,13-14,34H2,2-6H3,(H2,35,36)/t;;17-,18+. The van der Waals surface area contributed by atoms with Crippen molar-refractivity contribution in [1.29, 1.82) is 0 Å². The number of benzene rings is 4. The Labute approximate surface area is 756 Å². The van der Waals surface area contributed by atoms with E-state index in [1.807, 2.05) is 124 Å². The van der Waals surface area contributed by atoms with Gasteiger partial charge in [-0.25, -0.2) is 66.0 Å². The van der Waals surface area contributed by atoms with E-state index in [9.17, 15) is 38.7 Å². The average Bonchev–Trinajstić information content (AvgIpc) is 0.738. The van der Waals surface area contributed by atoms with Gasteiger partial charge in [0.25, 0.3) is 0 Å². The SMILES string of the molecule is C=CC(=O)N1CC(C)N(c2nc(=O)n(-c3c(C)cc(CN(C)C)cc3C(C)C)c3nc(-c4ccccc4F)c(Cl)cc23)CC1C.C=CC(=O)N1CC(C)N(c2nc(=O)n(-c3c(C)ccnc3C(C)C)c3nc(-c4ccccc4C(=O)O)ccc23)CC1C.C=CC(=O)N1[C@H](C)CN(c2nc(=O)n(-c3c(C)cc(N)nc3C(C)C)c3nc(-c4c(N)cccc4F)c(F)cc23)C[C@@H]1C. The van der Waals surface area contributed by atoms with Gasteiger partial charge in [-0.15, -0.1) is 0 Å². The molecule has 3 aliphatic rings. The van der Waals surface area contributed by atoms with Gasteiger partial charge in [0.05, 0.1) is 72.1 Å². The fourth-order valence-electron chi connectivity index (χ4n) is 17.9. The Kier molecular flexibility index (Phi) is 27.6. The van der Waals surface area contributed by atoms with Crippen molar-refractivity contribution in [3.05, 3.63) is 258 Å². The molecule has 3 saturated heterocycles. The number of nitrogens with two attached hydrogens (primary N) is 2. The van der Waals surface area contributed by atoms with Crippen LogP contribution in [0.2, 0.25) is 5.02 Å². The van der Waals surface area contributed by atoms with Crippen LogP contribution in [0.4, 0.5) is 42.1 Å². The number of carboxylic acid groups (broad SMARTS) is 1. The molecule has 0 saturated carbocycles. The number of aromatic carboxylic acids is 1. The molecule has 0 bridgehead atoms. The quantitative estimate of drug-likeness (QED) is 0.0530. The average molecular weight is 1790 g/mol. The van der Waals surface area contributed by atoms with Gasteiger partial charge in [-0.2, -0.15) is 15.0 Å². The zero-order chi connectivity index (χ0) is 94.4. The van der Waals surface area contributed by atoms with E-state index in [0.717, 1.165) is 34.5 Å². The van der Waals surface area contributed by atoms with Gasteiger partial charge in [0.2, 0.25) is 17.7 Å². The van der Waals surface area contributed by atoms with Crippen LogP contribution in [-0.4, -0.2) is 192 Å². The van der Waals surface area contributed by atoms with Crippen LogP contribution in [0.25, 0.3) is 83.9 Å². The maximum atomic E-state index is 15.9. The fraction of sp³-hybridized carbons (Fsp3) is 0.337. The van der Waals surface area contributed by atoms with E-state index in [-0.39, 0.29) is 133 Å². The highest BCUT2D eigenvalue weighted by Crippen LogP contribution is 2.42. The fourth-order valence-corrected chi connectivity index (χ4v) is 18.2. The molecule has 0 radical (unpaired) electrons. The zero-order valence-corrected chi connectivity index (χ0v) is 76.8. The third-order valence-electron chi connectivity index (χ3n) is 23.9. The molecule has 12 aromatic rings. The Morgan fingerprint density at radius 3 is 1.56 bits per heavy atom. The third-order valence-corrected chi connectivity index (χ3v) is 24.2. The van der Waals surface area contributed by atoms with Gasteiger partial charge in [0.1, 0.15) is 40.6 Å². The Hall–Kier alpha value is -13.8. The monoisotopic (exact) mass is 1780 g/mol. The maximum absolute atomic E-state index is 15.9. The summed E-state index contributed by atoms with van der Waals surface area (Å²) >= 11 is 6.86. The topological polar surface area (TPSA) is 332 Å². The Bertz CT molecular complexity index is 6700. The maximum Gasteiger partial charge on any atom is 0.355 e. The van der Waals surface area contributed by atoms with Gasteiger partial charge in [0.15, 0.2) is 22.8 Å². The summed E-state index contributed by atoms with van der Waals surface area (Å²) in [4.78, 5) is 142. The number of pyridine rings is 5. The summed E-state index contributed by atoms with van der Waals surface area (Å²) in [6.45, 7) is 43.4. The molecular weight excluding hydrogens is 1680 g/mol. The first-order valence-corrected chi connectivity index (χ1v) is 43.5. The molecule has 0 aliphatic carbocycles.